The lowest BCUT2D eigenvalue weighted by Crippen LogP contribution is -2.61. The Bertz CT molecular complexity index is 1520. The first-order chi connectivity index (χ1) is 29.6. The van der Waals surface area contributed by atoms with Gasteiger partial charge in [-0.25, -0.2) is 0 Å². The number of fused-ring (bicyclic) bond motifs is 1. The van der Waals surface area contributed by atoms with Gasteiger partial charge >= 0.3 is 18.1 Å². The molecule has 0 aromatic heterocycles. The number of alkyl halides is 5. The molecule has 2 aliphatic heterocycles. The second kappa shape index (κ2) is 25.7. The molecule has 3 aliphatic rings. The van der Waals surface area contributed by atoms with Gasteiger partial charge in [0.05, 0.1) is 91.2 Å². The van der Waals surface area contributed by atoms with Crippen molar-refractivity contribution in [2.45, 2.75) is 69.2 Å². The Morgan fingerprint density at radius 1 is 0.857 bits per heavy atom. The van der Waals surface area contributed by atoms with Crippen LogP contribution >= 0.6 is 23.2 Å². The molecule has 7 atom stereocenters. The van der Waals surface area contributed by atoms with Crippen molar-refractivity contribution in [1.29, 1.82) is 0 Å². The molecular weight excluding hydrogens is 886 g/mol. The molecule has 2 heterocycles. The number of carbonyl (C=O) groups excluding carboxylic acids is 6. The van der Waals surface area contributed by atoms with E-state index in [1.165, 1.54) is 27.7 Å². The summed E-state index contributed by atoms with van der Waals surface area (Å²) >= 11 is 12.9. The predicted molar refractivity (Wildman–Crippen MR) is 221 cm³/mol. The molecule has 1 unspecified atom stereocenters. The fraction of sp³-hybridized carbons (Fsp3) is 0.850. The fourth-order valence-corrected chi connectivity index (χ4v) is 7.73. The Kier molecular flexibility index (Phi) is 22.2. The van der Waals surface area contributed by atoms with E-state index < -0.39 is 93.8 Å². The van der Waals surface area contributed by atoms with Crippen LogP contribution in [-0.2, 0) is 61.9 Å². The number of amides is 4. The van der Waals surface area contributed by atoms with E-state index in [0.717, 1.165) is 11.4 Å². The Morgan fingerprint density at radius 2 is 1.38 bits per heavy atom. The normalized spacial score (nSPS) is 22.0. The molecular formula is C40H64Cl2F3N5O13. The van der Waals surface area contributed by atoms with Crippen molar-refractivity contribution in [2.75, 3.05) is 120 Å². The van der Waals surface area contributed by atoms with Crippen molar-refractivity contribution in [3.8, 4) is 0 Å². The second-order valence-corrected chi connectivity index (χ2v) is 18.4. The van der Waals surface area contributed by atoms with E-state index in [9.17, 15) is 41.9 Å². The summed E-state index contributed by atoms with van der Waals surface area (Å²) in [6.07, 6.45) is -5.12. The molecule has 3 N–H and O–H groups in total. The third-order valence-electron chi connectivity index (χ3n) is 10.6. The molecule has 23 heteroatoms. The summed E-state index contributed by atoms with van der Waals surface area (Å²) < 4.78 is 76.3. The highest BCUT2D eigenvalue weighted by Crippen LogP contribution is 2.65. The highest BCUT2D eigenvalue weighted by atomic mass is 35.5. The van der Waals surface area contributed by atoms with Crippen LogP contribution in [0.15, 0.2) is 0 Å². The van der Waals surface area contributed by atoms with Crippen molar-refractivity contribution >= 4 is 58.6 Å². The van der Waals surface area contributed by atoms with Gasteiger partial charge in [-0.05, 0) is 39.3 Å². The topological polar surface area (TPSA) is 210 Å². The van der Waals surface area contributed by atoms with Gasteiger partial charge in [-0.15, -0.1) is 23.2 Å². The number of halogens is 5. The smallest absolute Gasteiger partial charge is 0.457 e. The number of piperidine rings is 1. The molecule has 0 bridgehead atoms. The van der Waals surface area contributed by atoms with Crippen LogP contribution in [0.25, 0.3) is 0 Å². The maximum atomic E-state index is 14.0. The molecule has 0 spiro atoms. The number of nitrogens with zero attached hydrogens (tertiary/aromatic N) is 2. The number of hydrogen-bond acceptors (Lipinski definition) is 14. The molecule has 0 aromatic carbocycles. The summed E-state index contributed by atoms with van der Waals surface area (Å²) in [7, 11) is 3.96. The maximum Gasteiger partial charge on any atom is 0.471 e. The summed E-state index contributed by atoms with van der Waals surface area (Å²) in [5, 5.41) is 6.97. The first kappa shape index (κ1) is 54.4. The van der Waals surface area contributed by atoms with Crippen LogP contribution < -0.4 is 16.0 Å². The lowest BCUT2D eigenvalue weighted by atomic mass is 9.85. The molecule has 0 aromatic rings. The Hall–Kier alpha value is -2.89. The molecule has 2 saturated heterocycles. The van der Waals surface area contributed by atoms with Gasteiger partial charge in [0.25, 0.3) is 0 Å². The molecule has 18 nitrogen and oxygen atoms in total. The average Bonchev–Trinajstić information content (AvgIpc) is 3.52. The summed E-state index contributed by atoms with van der Waals surface area (Å²) in [5.41, 5.74) is -1.23. The highest BCUT2D eigenvalue weighted by molar-refractivity contribution is 6.51. The standard InChI is InChI=1S/C40H64Cl2F3N5O13/c1-25(23-62-20-19-61-18-17-60-16-15-59-14-13-58-12-11-57-10-9-49(5)6)36(55)63-24-29(51)28(21-26-7-8-46-33(26)52)47-34(53)31-30-27(39(30,41)42)22-50(31)35(54)32(38(2,3)4)48-37(56)40(43,44)45/h25-28,30-32H,7-24H2,1-6H3,(H,46,52)(H,47,53)(H,48,56)/t25?,26-,27-,28-,30-,31-,32+/m0/s1. The van der Waals surface area contributed by atoms with Crippen LogP contribution in [0, 0.1) is 29.1 Å². The lowest BCUT2D eigenvalue weighted by Gasteiger charge is -2.37. The number of likely N-dealkylation sites (N-methyl/N-ethyl adjacent to an activating group) is 1. The highest BCUT2D eigenvalue weighted by Gasteiger charge is 2.74. The Balaban J connectivity index is 1.42. The number of ketones is 1. The zero-order valence-electron chi connectivity index (χ0n) is 36.9. The summed E-state index contributed by atoms with van der Waals surface area (Å²) in [6, 6.07) is -4.54. The zero-order chi connectivity index (χ0) is 47.0. The lowest BCUT2D eigenvalue weighted by molar-refractivity contribution is -0.176. The van der Waals surface area contributed by atoms with Crippen molar-refractivity contribution < 1.29 is 75.1 Å². The quantitative estimate of drug-likeness (QED) is 0.0525. The summed E-state index contributed by atoms with van der Waals surface area (Å²) in [5.74, 6) is -9.09. The van der Waals surface area contributed by atoms with E-state index >= 15 is 0 Å². The van der Waals surface area contributed by atoms with Crippen molar-refractivity contribution in [2.24, 2.45) is 29.1 Å². The van der Waals surface area contributed by atoms with E-state index in [4.69, 9.17) is 56.4 Å². The fourth-order valence-electron chi connectivity index (χ4n) is 6.90. The number of esters is 1. The van der Waals surface area contributed by atoms with E-state index in [0.29, 0.717) is 72.4 Å². The predicted octanol–water partition coefficient (Wildman–Crippen LogP) is 1.13. The molecule has 4 amide bonds. The minimum Gasteiger partial charge on any atom is -0.457 e. The molecule has 3 rings (SSSR count). The maximum absolute atomic E-state index is 14.0. The van der Waals surface area contributed by atoms with Gasteiger partial charge in [-0.3, -0.25) is 28.8 Å². The Labute approximate surface area is 376 Å². The van der Waals surface area contributed by atoms with Crippen LogP contribution in [-0.4, -0.2) is 193 Å². The van der Waals surface area contributed by atoms with E-state index in [-0.39, 0.29) is 38.7 Å². The minimum atomic E-state index is -5.29. The van der Waals surface area contributed by atoms with Gasteiger partial charge in [0, 0.05) is 37.4 Å². The van der Waals surface area contributed by atoms with Gasteiger partial charge in [-0.1, -0.05) is 20.8 Å². The molecule has 0 radical (unpaired) electrons. The van der Waals surface area contributed by atoms with Crippen LogP contribution in [0.1, 0.15) is 40.5 Å². The van der Waals surface area contributed by atoms with Gasteiger partial charge < -0.3 is 58.9 Å². The van der Waals surface area contributed by atoms with E-state index in [1.54, 1.807) is 5.32 Å². The summed E-state index contributed by atoms with van der Waals surface area (Å²) in [4.78, 5) is 81.7. The number of rotatable bonds is 30. The number of likely N-dealkylation sites (tertiary alicyclic amines) is 1. The zero-order valence-corrected chi connectivity index (χ0v) is 38.4. The first-order valence-corrected chi connectivity index (χ1v) is 21.8. The number of hydrogen-bond donors (Lipinski definition) is 3. The summed E-state index contributed by atoms with van der Waals surface area (Å²) in [6.45, 7) is 10.4. The van der Waals surface area contributed by atoms with Gasteiger partial charge in [-0.2, -0.15) is 13.2 Å². The van der Waals surface area contributed by atoms with Crippen LogP contribution in [0.2, 0.25) is 0 Å². The average molecular weight is 951 g/mol. The number of ether oxygens (including phenoxy) is 7. The van der Waals surface area contributed by atoms with Gasteiger partial charge in [0.1, 0.15) is 16.4 Å². The van der Waals surface area contributed by atoms with Gasteiger partial charge in [0.15, 0.2) is 12.4 Å². The monoisotopic (exact) mass is 949 g/mol. The van der Waals surface area contributed by atoms with Crippen molar-refractivity contribution in [3.63, 3.8) is 0 Å². The van der Waals surface area contributed by atoms with Crippen LogP contribution in [0.5, 0.6) is 0 Å². The molecule has 63 heavy (non-hydrogen) atoms. The third kappa shape index (κ3) is 17.8. The van der Waals surface area contributed by atoms with Crippen molar-refractivity contribution in [1.82, 2.24) is 25.8 Å². The van der Waals surface area contributed by atoms with E-state index in [2.05, 4.69) is 10.6 Å². The van der Waals surface area contributed by atoms with Crippen LogP contribution in [0.4, 0.5) is 13.2 Å². The van der Waals surface area contributed by atoms with Crippen molar-refractivity contribution in [3.05, 3.63) is 0 Å². The Morgan fingerprint density at radius 3 is 1.86 bits per heavy atom. The van der Waals surface area contributed by atoms with E-state index in [1.807, 2.05) is 19.0 Å². The molecule has 1 saturated carbocycles. The van der Waals surface area contributed by atoms with Crippen LogP contribution in [0.3, 0.4) is 0 Å². The number of carbonyl (C=O) groups is 6. The van der Waals surface area contributed by atoms with Gasteiger partial charge in [0.2, 0.25) is 17.7 Å². The third-order valence-corrected chi connectivity index (χ3v) is 11.7. The molecule has 362 valence electrons. The first-order valence-electron chi connectivity index (χ1n) is 21.0. The number of Topliss-reactive ketones (excluding diaryl/α,β-unsaturated/α-hetero) is 1. The molecule has 3 fully saturated rings. The largest absolute Gasteiger partial charge is 0.471 e. The number of nitrogens with one attached hydrogen (secondary N) is 3. The minimum absolute atomic E-state index is 0.0501. The molecule has 1 aliphatic carbocycles. The SMILES string of the molecule is CC(COCCOCCOCCOCCOCCOCCN(C)C)C(=O)OCC(=O)[C@H](C[C@@H]1CCNC1=O)NC(=O)[C@@H]1[C@@H]2[C@H](CN1C(=O)[C@@H](NC(=O)C(F)(F)F)C(C)(C)C)C2(Cl)Cl. The second-order valence-electron chi connectivity index (χ2n) is 17.0.